The molecule has 2 aliphatic carbocycles. The number of hydrogen-bond donors (Lipinski definition) is 0. The molecule has 2 saturated carbocycles. The normalized spacial score (nSPS) is 24.6. The monoisotopic (exact) mass is 292 g/mol. The van der Waals surface area contributed by atoms with Crippen LogP contribution in [-0.4, -0.2) is 24.8 Å². The molecule has 1 heterocycles. The Morgan fingerprint density at radius 2 is 1.29 bits per heavy atom. The van der Waals surface area contributed by atoms with Gasteiger partial charge in [0, 0.05) is 25.7 Å². The third-order valence-electron chi connectivity index (χ3n) is 4.73. The molecule has 3 heteroatoms. The molecule has 3 fully saturated rings. The van der Waals surface area contributed by atoms with Crippen molar-refractivity contribution in [2.24, 2.45) is 0 Å². The van der Waals surface area contributed by atoms with E-state index >= 15 is 0 Å². The quantitative estimate of drug-likeness (QED) is 0.624. The topological polar surface area (TPSA) is 35.5 Å². The molecule has 0 unspecified atom stereocenters. The Balaban J connectivity index is 0.000000161. The molecule has 0 radical (unpaired) electrons. The lowest BCUT2D eigenvalue weighted by Crippen LogP contribution is -2.32. The van der Waals surface area contributed by atoms with E-state index in [2.05, 4.69) is 19.1 Å². The average molecular weight is 292 g/mol. The zero-order valence-electron chi connectivity index (χ0n) is 13.5. The van der Waals surface area contributed by atoms with Crippen molar-refractivity contribution in [2.75, 3.05) is 13.2 Å². The van der Waals surface area contributed by atoms with Crippen LogP contribution in [0.2, 0.25) is 0 Å². The molecule has 118 valence electrons. The highest BCUT2D eigenvalue weighted by atomic mass is 16.7. The molecule has 3 nitrogen and oxygen atoms in total. The van der Waals surface area contributed by atoms with Gasteiger partial charge in [-0.15, -0.1) is 0 Å². The van der Waals surface area contributed by atoms with Crippen LogP contribution in [0.1, 0.15) is 65.2 Å². The van der Waals surface area contributed by atoms with Crippen LogP contribution in [0.3, 0.4) is 0 Å². The third kappa shape index (κ3) is 4.79. The molecule has 0 aromatic carbocycles. The summed E-state index contributed by atoms with van der Waals surface area (Å²) in [5.74, 6) is 0.243. The Hall–Kier alpha value is -0.930. The fourth-order valence-electron chi connectivity index (χ4n) is 3.17. The summed E-state index contributed by atoms with van der Waals surface area (Å²) in [5, 5.41) is 0. The predicted octanol–water partition coefficient (Wildman–Crippen LogP) is 4.33. The van der Waals surface area contributed by atoms with Gasteiger partial charge in [0.05, 0.1) is 13.2 Å². The maximum absolute atomic E-state index is 10.7. The Morgan fingerprint density at radius 3 is 1.76 bits per heavy atom. The Kier molecular flexibility index (Phi) is 6.19. The van der Waals surface area contributed by atoms with Crippen molar-refractivity contribution in [3.05, 3.63) is 23.3 Å². The van der Waals surface area contributed by atoms with Gasteiger partial charge in [-0.1, -0.05) is 23.3 Å². The van der Waals surface area contributed by atoms with Crippen LogP contribution in [0.5, 0.6) is 0 Å². The first-order valence-electron chi connectivity index (χ1n) is 8.25. The SMILES string of the molecule is CC=C1CCC(=O)CC1.CC=C1CCC2(CC1)OCCO2. The minimum atomic E-state index is -0.188. The Morgan fingerprint density at radius 1 is 0.810 bits per heavy atom. The number of Topliss-reactive ketones (excluding diaryl/α,β-unsaturated/α-hetero) is 1. The van der Waals surface area contributed by atoms with Crippen LogP contribution in [0, 0.1) is 0 Å². The number of allylic oxidation sites excluding steroid dienone is 4. The van der Waals surface area contributed by atoms with Gasteiger partial charge in [-0.25, -0.2) is 0 Å². The standard InChI is InChI=1S/C10H16O2.C8H12O/c1-2-9-3-5-10(6-4-9)11-7-8-12-10;1-2-7-3-5-8(9)6-4-7/h2H,3-8H2,1H3;2H,3-6H2,1H3. The van der Waals surface area contributed by atoms with Crippen LogP contribution >= 0.6 is 0 Å². The largest absolute Gasteiger partial charge is 0.348 e. The van der Waals surface area contributed by atoms with Gasteiger partial charge in [-0.05, 0) is 39.5 Å². The summed E-state index contributed by atoms with van der Waals surface area (Å²) in [4.78, 5) is 10.7. The molecular weight excluding hydrogens is 264 g/mol. The molecule has 0 N–H and O–H groups in total. The summed E-state index contributed by atoms with van der Waals surface area (Å²) < 4.78 is 11.2. The second kappa shape index (κ2) is 7.90. The zero-order chi connectivity index (χ0) is 15.1. The molecule has 0 bridgehead atoms. The maximum atomic E-state index is 10.7. The predicted molar refractivity (Wildman–Crippen MR) is 84.1 cm³/mol. The molecule has 1 saturated heterocycles. The summed E-state index contributed by atoms with van der Waals surface area (Å²) in [6.45, 7) is 5.73. The smallest absolute Gasteiger partial charge is 0.169 e. The van der Waals surface area contributed by atoms with Gasteiger partial charge in [0.2, 0.25) is 0 Å². The van der Waals surface area contributed by atoms with Crippen molar-refractivity contribution in [2.45, 2.75) is 71.0 Å². The molecule has 3 aliphatic rings. The third-order valence-corrected chi connectivity index (χ3v) is 4.73. The number of rotatable bonds is 0. The van der Waals surface area contributed by atoms with Gasteiger partial charge in [0.15, 0.2) is 5.79 Å². The minimum absolute atomic E-state index is 0.188. The van der Waals surface area contributed by atoms with E-state index in [4.69, 9.17) is 9.47 Å². The van der Waals surface area contributed by atoms with E-state index in [-0.39, 0.29) is 5.79 Å². The first-order chi connectivity index (χ1) is 10.2. The van der Waals surface area contributed by atoms with Crippen molar-refractivity contribution in [3.8, 4) is 0 Å². The molecule has 21 heavy (non-hydrogen) atoms. The summed E-state index contributed by atoms with van der Waals surface area (Å²) in [6, 6.07) is 0. The van der Waals surface area contributed by atoms with Gasteiger partial charge in [-0.2, -0.15) is 0 Å². The van der Waals surface area contributed by atoms with Crippen molar-refractivity contribution in [1.29, 1.82) is 0 Å². The number of carbonyl (C=O) groups excluding carboxylic acids is 1. The van der Waals surface area contributed by atoms with E-state index in [1.54, 1.807) is 5.57 Å². The van der Waals surface area contributed by atoms with Crippen molar-refractivity contribution >= 4 is 5.78 Å². The number of carbonyl (C=O) groups is 1. The second-order valence-electron chi connectivity index (χ2n) is 6.04. The van der Waals surface area contributed by atoms with Gasteiger partial charge in [-0.3, -0.25) is 4.79 Å². The molecule has 3 rings (SSSR count). The summed E-state index contributed by atoms with van der Waals surface area (Å²) >= 11 is 0. The number of hydrogen-bond acceptors (Lipinski definition) is 3. The lowest BCUT2D eigenvalue weighted by atomic mass is 9.90. The molecule has 0 aromatic rings. The highest BCUT2D eigenvalue weighted by Crippen LogP contribution is 2.37. The average Bonchev–Trinajstić information content (AvgIpc) is 2.98. The molecule has 1 aliphatic heterocycles. The Labute approximate surface area is 128 Å². The minimum Gasteiger partial charge on any atom is -0.348 e. The molecular formula is C18H28O3. The lowest BCUT2D eigenvalue weighted by Gasteiger charge is -2.32. The second-order valence-corrected chi connectivity index (χ2v) is 6.04. The van der Waals surface area contributed by atoms with Gasteiger partial charge in [0.1, 0.15) is 5.78 Å². The number of ketones is 1. The Bertz CT molecular complexity index is 390. The van der Waals surface area contributed by atoms with E-state index in [0.717, 1.165) is 64.6 Å². The highest BCUT2D eigenvalue weighted by Gasteiger charge is 2.38. The van der Waals surface area contributed by atoms with Gasteiger partial charge >= 0.3 is 0 Å². The van der Waals surface area contributed by atoms with Gasteiger partial charge in [0.25, 0.3) is 0 Å². The van der Waals surface area contributed by atoms with Crippen LogP contribution in [0.4, 0.5) is 0 Å². The van der Waals surface area contributed by atoms with E-state index < -0.39 is 0 Å². The fourth-order valence-corrected chi connectivity index (χ4v) is 3.17. The van der Waals surface area contributed by atoms with E-state index in [9.17, 15) is 4.79 Å². The van der Waals surface area contributed by atoms with Crippen LogP contribution < -0.4 is 0 Å². The summed E-state index contributed by atoms with van der Waals surface area (Å²) in [6.07, 6.45) is 12.3. The molecule has 0 amide bonds. The van der Waals surface area contributed by atoms with Crippen molar-refractivity contribution in [3.63, 3.8) is 0 Å². The summed E-state index contributed by atoms with van der Waals surface area (Å²) in [7, 11) is 0. The van der Waals surface area contributed by atoms with E-state index in [1.165, 1.54) is 5.57 Å². The lowest BCUT2D eigenvalue weighted by molar-refractivity contribution is -0.171. The fraction of sp³-hybridized carbons (Fsp3) is 0.722. The van der Waals surface area contributed by atoms with Crippen LogP contribution in [0.25, 0.3) is 0 Å². The zero-order valence-corrected chi connectivity index (χ0v) is 13.5. The first kappa shape index (κ1) is 16.4. The first-order valence-corrected chi connectivity index (χ1v) is 8.25. The maximum Gasteiger partial charge on any atom is 0.169 e. The molecule has 0 aromatic heterocycles. The van der Waals surface area contributed by atoms with Crippen molar-refractivity contribution in [1.82, 2.24) is 0 Å². The van der Waals surface area contributed by atoms with E-state index in [1.807, 2.05) is 6.92 Å². The van der Waals surface area contributed by atoms with Crippen LogP contribution in [0.15, 0.2) is 23.3 Å². The van der Waals surface area contributed by atoms with Crippen LogP contribution in [-0.2, 0) is 14.3 Å². The summed E-state index contributed by atoms with van der Waals surface area (Å²) in [5.41, 5.74) is 3.01. The molecule has 0 atom stereocenters. The van der Waals surface area contributed by atoms with Crippen molar-refractivity contribution < 1.29 is 14.3 Å². The molecule has 1 spiro atoms. The highest BCUT2D eigenvalue weighted by molar-refractivity contribution is 5.80. The van der Waals surface area contributed by atoms with Gasteiger partial charge < -0.3 is 9.47 Å². The van der Waals surface area contributed by atoms with E-state index in [0.29, 0.717) is 5.78 Å². The number of ether oxygens (including phenoxy) is 2.